The predicted octanol–water partition coefficient (Wildman–Crippen LogP) is -0.938. The van der Waals surface area contributed by atoms with Gasteiger partial charge in [-0.3, -0.25) is 18.9 Å². The van der Waals surface area contributed by atoms with E-state index in [1.807, 2.05) is 0 Å². The van der Waals surface area contributed by atoms with Gasteiger partial charge in [0.05, 0.1) is 0 Å². The predicted molar refractivity (Wildman–Crippen MR) is 98.4 cm³/mol. The van der Waals surface area contributed by atoms with Crippen LogP contribution in [0.3, 0.4) is 0 Å². The lowest BCUT2D eigenvalue weighted by atomic mass is 10.1. The lowest BCUT2D eigenvalue weighted by Crippen LogP contribution is -2.43. The molecule has 2 unspecified atom stereocenters. The van der Waals surface area contributed by atoms with Gasteiger partial charge in [0, 0.05) is 17.9 Å². The van der Waals surface area contributed by atoms with Gasteiger partial charge in [-0.15, -0.1) is 0 Å². The molecular formula is C13H20N2O10P2S. The van der Waals surface area contributed by atoms with Gasteiger partial charge < -0.3 is 29.0 Å². The van der Waals surface area contributed by atoms with Crippen LogP contribution >= 0.6 is 14.3 Å². The Morgan fingerprint density at radius 3 is 2.54 bits per heavy atom. The summed E-state index contributed by atoms with van der Waals surface area (Å²) in [6.07, 6.45) is -3.66. The highest BCUT2D eigenvalue weighted by molar-refractivity contribution is 8.09. The number of phosphoric ester groups is 1. The highest BCUT2D eigenvalue weighted by Crippen LogP contribution is 2.63. The number of aromatic nitrogens is 2. The Labute approximate surface area is 163 Å². The van der Waals surface area contributed by atoms with E-state index in [1.165, 1.54) is 13.1 Å². The number of H-pyrrole nitrogens is 1. The normalized spacial score (nSPS) is 34.1. The molecular weight excluding hydrogens is 438 g/mol. The second kappa shape index (κ2) is 7.21. The average molecular weight is 458 g/mol. The van der Waals surface area contributed by atoms with Crippen molar-refractivity contribution in [2.75, 3.05) is 6.16 Å². The first-order chi connectivity index (χ1) is 12.8. The number of rotatable bonds is 7. The zero-order valence-corrected chi connectivity index (χ0v) is 17.4. The Hall–Kier alpha value is -0.720. The molecule has 12 nitrogen and oxygen atoms in total. The minimum Gasteiger partial charge on any atom is -0.381 e. The van der Waals surface area contributed by atoms with Gasteiger partial charge in [-0.05, 0) is 25.2 Å². The molecule has 2 fully saturated rings. The largest absolute Gasteiger partial charge is 0.470 e. The summed E-state index contributed by atoms with van der Waals surface area (Å²) in [5, 5.41) is 10.9. The fraction of sp³-hybridized carbons (Fsp3) is 0.692. The summed E-state index contributed by atoms with van der Waals surface area (Å²) < 4.78 is 27.8. The molecule has 0 aromatic carbocycles. The van der Waals surface area contributed by atoms with Crippen molar-refractivity contribution in [3.63, 3.8) is 0 Å². The summed E-state index contributed by atoms with van der Waals surface area (Å²) in [5.41, 5.74) is -3.33. The molecule has 158 valence electrons. The van der Waals surface area contributed by atoms with Gasteiger partial charge in [0.1, 0.15) is 18.3 Å². The van der Waals surface area contributed by atoms with Crippen molar-refractivity contribution in [2.24, 2.45) is 0 Å². The summed E-state index contributed by atoms with van der Waals surface area (Å²) in [6, 6.07) is 0. The van der Waals surface area contributed by atoms with Crippen molar-refractivity contribution >= 4 is 26.1 Å². The lowest BCUT2D eigenvalue weighted by molar-refractivity contribution is -0.0847. The number of aromatic amines is 1. The highest BCUT2D eigenvalue weighted by atomic mass is 32.5. The van der Waals surface area contributed by atoms with E-state index in [1.54, 1.807) is 6.92 Å². The number of ether oxygens (including phenoxy) is 1. The van der Waals surface area contributed by atoms with E-state index in [2.05, 4.69) is 9.51 Å². The molecule has 1 aliphatic heterocycles. The van der Waals surface area contributed by atoms with Crippen molar-refractivity contribution in [1.82, 2.24) is 9.55 Å². The average Bonchev–Trinajstić information content (AvgIpc) is 2.95. The van der Waals surface area contributed by atoms with Crippen LogP contribution in [0.15, 0.2) is 15.8 Å². The third-order valence-electron chi connectivity index (χ3n) is 4.53. The molecule has 0 radical (unpaired) electrons. The van der Waals surface area contributed by atoms with Gasteiger partial charge in [-0.2, -0.15) is 0 Å². The van der Waals surface area contributed by atoms with E-state index < -0.39 is 55.7 Å². The first kappa shape index (κ1) is 22.0. The fourth-order valence-electron chi connectivity index (χ4n) is 3.21. The number of nitrogens with one attached hydrogen (secondary N) is 1. The number of fused-ring (bicyclic) bond motifs is 1. The second-order valence-electron chi connectivity index (χ2n) is 6.72. The fourth-order valence-corrected chi connectivity index (χ4v) is 5.91. The van der Waals surface area contributed by atoms with Gasteiger partial charge in [0.15, 0.2) is 18.3 Å². The van der Waals surface area contributed by atoms with Crippen LogP contribution in [0.5, 0.6) is 0 Å². The summed E-state index contributed by atoms with van der Waals surface area (Å²) in [4.78, 5) is 54.3. The maximum Gasteiger partial charge on any atom is 0.470 e. The molecule has 2 heterocycles. The Bertz CT molecular complexity index is 988. The summed E-state index contributed by atoms with van der Waals surface area (Å²) in [5.74, 6) is 0. The minimum atomic E-state index is -4.95. The SMILES string of the molecule is CCCP(O)(=S)O[C@H]1[C@H](n2cc(C)c(=O)[nH]c2=O)O[C@@H]2C(OP(=O)(O)O)[C@@]21O. The van der Waals surface area contributed by atoms with Crippen molar-refractivity contribution in [3.8, 4) is 0 Å². The van der Waals surface area contributed by atoms with E-state index in [0.29, 0.717) is 6.42 Å². The summed E-state index contributed by atoms with van der Waals surface area (Å²) in [6.45, 7) is -0.207. The molecule has 1 aromatic rings. The van der Waals surface area contributed by atoms with E-state index in [4.69, 9.17) is 30.9 Å². The zero-order valence-electron chi connectivity index (χ0n) is 14.8. The Morgan fingerprint density at radius 2 is 1.96 bits per heavy atom. The third-order valence-corrected chi connectivity index (χ3v) is 7.41. The quantitative estimate of drug-likeness (QED) is 0.318. The Morgan fingerprint density at radius 1 is 1.32 bits per heavy atom. The Kier molecular flexibility index (Phi) is 5.66. The molecule has 1 saturated carbocycles. The van der Waals surface area contributed by atoms with Crippen LogP contribution in [0.1, 0.15) is 25.1 Å². The van der Waals surface area contributed by atoms with Gasteiger partial charge in [-0.1, -0.05) is 6.92 Å². The smallest absolute Gasteiger partial charge is 0.381 e. The van der Waals surface area contributed by atoms with Crippen molar-refractivity contribution in [2.45, 2.75) is 50.4 Å². The molecule has 28 heavy (non-hydrogen) atoms. The van der Waals surface area contributed by atoms with Crippen LogP contribution in [-0.2, 0) is 30.2 Å². The summed E-state index contributed by atoms with van der Waals surface area (Å²) >= 11 is 5.07. The molecule has 6 atom stereocenters. The molecule has 3 rings (SSSR count). The molecule has 1 aliphatic carbocycles. The zero-order chi connectivity index (χ0) is 21.1. The van der Waals surface area contributed by atoms with Crippen LogP contribution in [0, 0.1) is 6.92 Å². The van der Waals surface area contributed by atoms with Crippen molar-refractivity contribution in [3.05, 3.63) is 32.6 Å². The van der Waals surface area contributed by atoms with E-state index in [9.17, 15) is 24.2 Å². The first-order valence-corrected chi connectivity index (χ1v) is 12.6. The minimum absolute atomic E-state index is 0.107. The van der Waals surface area contributed by atoms with E-state index in [0.717, 1.165) is 4.57 Å². The van der Waals surface area contributed by atoms with Crippen LogP contribution in [0.25, 0.3) is 0 Å². The van der Waals surface area contributed by atoms with Crippen LogP contribution in [-0.4, -0.2) is 59.4 Å². The molecule has 5 N–H and O–H groups in total. The number of hydrogen-bond donors (Lipinski definition) is 5. The van der Waals surface area contributed by atoms with Gasteiger partial charge in [0.25, 0.3) is 5.56 Å². The van der Waals surface area contributed by atoms with Gasteiger partial charge >= 0.3 is 13.5 Å². The molecule has 15 heteroatoms. The molecule has 1 saturated heterocycles. The van der Waals surface area contributed by atoms with Crippen LogP contribution < -0.4 is 11.2 Å². The number of phosphoric acid groups is 1. The molecule has 0 bridgehead atoms. The third kappa shape index (κ3) is 3.97. The topological polar surface area (TPSA) is 181 Å². The van der Waals surface area contributed by atoms with Gasteiger partial charge in [0.2, 0.25) is 0 Å². The van der Waals surface area contributed by atoms with Gasteiger partial charge in [-0.25, -0.2) is 9.36 Å². The standard InChI is InChI=1S/C13H20N2O10P2S/c1-3-4-26(19,28)24-9-11(15-5-6(2)10(16)14-12(15)17)23-7-8(13(7,9)18)25-27(20,21)22/h5,7-9,11,18H,3-4H2,1-2H3,(H,19,28)(H,14,16,17)(H2,20,21,22)/t7-,8?,9+,11-,13+,26?/m1/s1. The first-order valence-electron chi connectivity index (χ1n) is 8.24. The van der Waals surface area contributed by atoms with Crippen molar-refractivity contribution < 1.29 is 38.1 Å². The Balaban J connectivity index is 1.99. The number of nitrogens with zero attached hydrogens (tertiary/aromatic N) is 1. The molecule has 0 amide bonds. The monoisotopic (exact) mass is 458 g/mol. The summed E-state index contributed by atoms with van der Waals surface area (Å²) in [7, 11) is -4.95. The maximum absolute atomic E-state index is 12.2. The van der Waals surface area contributed by atoms with E-state index in [-0.39, 0.29) is 11.7 Å². The van der Waals surface area contributed by atoms with E-state index >= 15 is 0 Å². The van der Waals surface area contributed by atoms with Crippen molar-refractivity contribution in [1.29, 1.82) is 0 Å². The number of aliphatic hydroxyl groups is 1. The molecule has 1 aromatic heterocycles. The lowest BCUT2D eigenvalue weighted by Gasteiger charge is -2.30. The maximum atomic E-state index is 12.2. The van der Waals surface area contributed by atoms with Crippen LogP contribution in [0.4, 0.5) is 0 Å². The number of aryl methyl sites for hydroxylation is 1. The van der Waals surface area contributed by atoms with Crippen LogP contribution in [0.2, 0.25) is 0 Å². The second-order valence-corrected chi connectivity index (χ2v) is 11.6. The molecule has 0 spiro atoms. The number of hydrogen-bond acceptors (Lipinski definition) is 8. The molecule has 2 aliphatic rings. The highest BCUT2D eigenvalue weighted by Gasteiger charge is 2.80.